The van der Waals surface area contributed by atoms with Gasteiger partial charge in [-0.3, -0.25) is 0 Å². The molecule has 0 amide bonds. The Labute approximate surface area is 336 Å². The van der Waals surface area contributed by atoms with Crippen molar-refractivity contribution in [2.45, 2.75) is 41.5 Å². The van der Waals surface area contributed by atoms with E-state index >= 15 is 0 Å². The van der Waals surface area contributed by atoms with Crippen LogP contribution in [0.3, 0.4) is 0 Å². The molecule has 0 aromatic heterocycles. The summed E-state index contributed by atoms with van der Waals surface area (Å²) in [4.78, 5) is 2.38. The second-order valence-corrected chi connectivity index (χ2v) is 16.1. The Bertz CT molecular complexity index is 2970. The van der Waals surface area contributed by atoms with E-state index < -0.39 is 0 Å². The minimum atomic E-state index is 0.0653. The van der Waals surface area contributed by atoms with Crippen molar-refractivity contribution in [3.05, 3.63) is 191 Å². The molecule has 0 N–H and O–H groups in total. The zero-order valence-electron chi connectivity index (χ0n) is 33.4. The molecule has 1 aliphatic rings. The fraction of sp³-hybridized carbons (Fsp3) is 0.111. The number of anilines is 3. The average Bonchev–Trinajstić information content (AvgIpc) is 3.20. The van der Waals surface area contributed by atoms with E-state index in [1.165, 1.54) is 87.6 Å². The predicted molar refractivity (Wildman–Crippen MR) is 245 cm³/mol. The molecule has 0 unspecified atom stereocenters. The van der Waals surface area contributed by atoms with E-state index in [0.29, 0.717) is 0 Å². The number of benzene rings is 9. The highest BCUT2D eigenvalue weighted by Crippen LogP contribution is 2.49. The smallest absolute Gasteiger partial charge is 0.243 e. The highest BCUT2D eigenvalue weighted by atomic mass is 16.5. The number of fused-ring (bicyclic) bond motifs is 5. The van der Waals surface area contributed by atoms with Crippen LogP contribution in [0.1, 0.15) is 33.4 Å². The van der Waals surface area contributed by atoms with Crippen LogP contribution >= 0.6 is 0 Å². The first-order valence-electron chi connectivity index (χ1n) is 20.0. The van der Waals surface area contributed by atoms with Crippen LogP contribution in [0.5, 0.6) is 11.5 Å². The standard InChI is InChI=1S/C54H44BNO/c1-33-27-35(3)53(36(4)28-33)55(54-37(5)29-34(2)30-38(54)6)48-26-25-46-45-24-23-41(32-51(45)57-50-22-14-21-47(48)52(46)50)56(40-16-8-7-9-17-40)49-31-39-15-10-11-18-42(39)43-19-12-13-20-44(43)49/h7-32H,1-6H3. The molecule has 10 rings (SSSR count). The van der Waals surface area contributed by atoms with Crippen LogP contribution in [-0.4, -0.2) is 6.71 Å². The van der Waals surface area contributed by atoms with E-state index in [-0.39, 0.29) is 6.71 Å². The van der Waals surface area contributed by atoms with Gasteiger partial charge in [0.15, 0.2) is 0 Å². The molecule has 0 spiro atoms. The molecule has 57 heavy (non-hydrogen) atoms. The Kier molecular flexibility index (Phi) is 8.30. The molecule has 1 heterocycles. The van der Waals surface area contributed by atoms with Crippen molar-refractivity contribution in [3.63, 3.8) is 0 Å². The summed E-state index contributed by atoms with van der Waals surface area (Å²) in [6.07, 6.45) is 0. The lowest BCUT2D eigenvalue weighted by Crippen LogP contribution is -2.56. The van der Waals surface area contributed by atoms with Gasteiger partial charge in [0, 0.05) is 33.8 Å². The summed E-state index contributed by atoms with van der Waals surface area (Å²) in [5.74, 6) is 1.75. The second kappa shape index (κ2) is 13.6. The average molecular weight is 734 g/mol. The van der Waals surface area contributed by atoms with Gasteiger partial charge >= 0.3 is 0 Å². The van der Waals surface area contributed by atoms with Crippen LogP contribution in [0.25, 0.3) is 43.4 Å². The van der Waals surface area contributed by atoms with Crippen LogP contribution in [0.15, 0.2) is 158 Å². The van der Waals surface area contributed by atoms with Crippen molar-refractivity contribution in [1.82, 2.24) is 0 Å². The fourth-order valence-electron chi connectivity index (χ4n) is 10.0. The Balaban J connectivity index is 1.17. The number of rotatable bonds is 6. The molecule has 274 valence electrons. The number of hydrogen-bond acceptors (Lipinski definition) is 2. The van der Waals surface area contributed by atoms with Crippen molar-refractivity contribution in [2.24, 2.45) is 0 Å². The van der Waals surface area contributed by atoms with Crippen LogP contribution in [0.2, 0.25) is 0 Å². The van der Waals surface area contributed by atoms with Gasteiger partial charge in [0.1, 0.15) is 11.5 Å². The van der Waals surface area contributed by atoms with Gasteiger partial charge in [-0.2, -0.15) is 0 Å². The van der Waals surface area contributed by atoms with Crippen LogP contribution in [0.4, 0.5) is 17.1 Å². The fourth-order valence-corrected chi connectivity index (χ4v) is 10.0. The van der Waals surface area contributed by atoms with Gasteiger partial charge < -0.3 is 9.64 Å². The highest BCUT2D eigenvalue weighted by molar-refractivity contribution is 6.98. The minimum Gasteiger partial charge on any atom is -0.456 e. The van der Waals surface area contributed by atoms with E-state index in [0.717, 1.165) is 34.1 Å². The summed E-state index contributed by atoms with van der Waals surface area (Å²) < 4.78 is 7.02. The zero-order chi connectivity index (χ0) is 38.9. The number of ether oxygens (including phenoxy) is 1. The summed E-state index contributed by atoms with van der Waals surface area (Å²) >= 11 is 0. The van der Waals surface area contributed by atoms with Gasteiger partial charge in [-0.1, -0.05) is 165 Å². The molecule has 0 saturated carbocycles. The first kappa shape index (κ1) is 34.9. The minimum absolute atomic E-state index is 0.0653. The monoisotopic (exact) mass is 733 g/mol. The number of para-hydroxylation sites is 1. The highest BCUT2D eigenvalue weighted by Gasteiger charge is 2.32. The van der Waals surface area contributed by atoms with E-state index in [2.05, 4.69) is 204 Å². The Morgan fingerprint density at radius 3 is 1.68 bits per heavy atom. The molecule has 0 saturated heterocycles. The Morgan fingerprint density at radius 1 is 0.421 bits per heavy atom. The molecule has 9 aromatic rings. The SMILES string of the molecule is Cc1cc(C)c(B(c2c(C)cc(C)cc2C)c2ccc3c4c(cccc24)Oc2cc(N(c4ccccc4)c4cc5ccccc5c5ccccc45)ccc2-3)c(C)c1. The molecule has 9 aromatic carbocycles. The molecule has 1 aliphatic heterocycles. The van der Waals surface area contributed by atoms with E-state index in [1.54, 1.807) is 0 Å². The van der Waals surface area contributed by atoms with Gasteiger partial charge in [0.05, 0.1) is 5.69 Å². The lowest BCUT2D eigenvalue weighted by atomic mass is 9.33. The third-order valence-corrected chi connectivity index (χ3v) is 12.1. The molecule has 2 nitrogen and oxygen atoms in total. The quantitative estimate of drug-likeness (QED) is 0.125. The number of nitrogens with zero attached hydrogens (tertiary/aromatic N) is 1. The van der Waals surface area contributed by atoms with Gasteiger partial charge in [-0.05, 0) is 105 Å². The van der Waals surface area contributed by atoms with Crippen LogP contribution < -0.4 is 26.0 Å². The number of aryl methyl sites for hydroxylation is 6. The second-order valence-electron chi connectivity index (χ2n) is 16.1. The van der Waals surface area contributed by atoms with Crippen LogP contribution in [0, 0.1) is 41.5 Å². The predicted octanol–water partition coefficient (Wildman–Crippen LogP) is 12.8. The van der Waals surface area contributed by atoms with Gasteiger partial charge in [0.25, 0.3) is 0 Å². The molecule has 0 radical (unpaired) electrons. The summed E-state index contributed by atoms with van der Waals surface area (Å²) in [6, 6.07) is 57.9. The number of hydrogen-bond donors (Lipinski definition) is 0. The van der Waals surface area contributed by atoms with Crippen LogP contribution in [-0.2, 0) is 0 Å². The van der Waals surface area contributed by atoms with Gasteiger partial charge in [-0.25, -0.2) is 0 Å². The maximum atomic E-state index is 7.02. The lowest BCUT2D eigenvalue weighted by molar-refractivity contribution is 0.487. The molecular formula is C54H44BNO. The molecule has 3 heteroatoms. The molecule has 0 fully saturated rings. The van der Waals surface area contributed by atoms with Crippen molar-refractivity contribution >= 4 is 72.5 Å². The molecule has 0 bridgehead atoms. The topological polar surface area (TPSA) is 12.5 Å². The van der Waals surface area contributed by atoms with Gasteiger partial charge in [0.2, 0.25) is 6.71 Å². The Hall–Kier alpha value is -6.58. The van der Waals surface area contributed by atoms with E-state index in [9.17, 15) is 0 Å². The summed E-state index contributed by atoms with van der Waals surface area (Å²) in [6.45, 7) is 13.6. The first-order chi connectivity index (χ1) is 27.7. The van der Waals surface area contributed by atoms with E-state index in [1.807, 2.05) is 0 Å². The van der Waals surface area contributed by atoms with Gasteiger partial charge in [-0.15, -0.1) is 0 Å². The van der Waals surface area contributed by atoms with Crippen molar-refractivity contribution in [1.29, 1.82) is 0 Å². The zero-order valence-corrected chi connectivity index (χ0v) is 33.4. The Morgan fingerprint density at radius 2 is 1.00 bits per heavy atom. The summed E-state index contributed by atoms with van der Waals surface area (Å²) in [7, 11) is 0. The third-order valence-electron chi connectivity index (χ3n) is 12.1. The summed E-state index contributed by atoms with van der Waals surface area (Å²) in [5.41, 5.74) is 17.6. The third kappa shape index (κ3) is 5.72. The maximum absolute atomic E-state index is 7.02. The maximum Gasteiger partial charge on any atom is 0.243 e. The lowest BCUT2D eigenvalue weighted by Gasteiger charge is -2.30. The normalized spacial score (nSPS) is 11.8. The largest absolute Gasteiger partial charge is 0.456 e. The van der Waals surface area contributed by atoms with Crippen molar-refractivity contribution in [3.8, 4) is 22.6 Å². The molecular weight excluding hydrogens is 689 g/mol. The molecule has 0 aliphatic carbocycles. The van der Waals surface area contributed by atoms with E-state index in [4.69, 9.17) is 4.74 Å². The summed E-state index contributed by atoms with van der Waals surface area (Å²) in [5, 5.41) is 7.31. The molecule has 0 atom stereocenters. The first-order valence-corrected chi connectivity index (χ1v) is 20.0. The van der Waals surface area contributed by atoms with Crippen molar-refractivity contribution < 1.29 is 4.74 Å². The van der Waals surface area contributed by atoms with Crippen molar-refractivity contribution in [2.75, 3.05) is 4.90 Å².